The monoisotopic (exact) mass is 471 g/mol. The average Bonchev–Trinajstić information content (AvgIpc) is 3.44. The van der Waals surface area contributed by atoms with Crippen molar-refractivity contribution >= 4 is 11.9 Å². The van der Waals surface area contributed by atoms with Gasteiger partial charge in [0.2, 0.25) is 5.95 Å². The van der Waals surface area contributed by atoms with Gasteiger partial charge in [-0.1, -0.05) is 24.3 Å². The Hall–Kier alpha value is -4.14. The molecular weight excluding hydrogens is 445 g/mol. The Labute approximate surface area is 203 Å². The van der Waals surface area contributed by atoms with Crippen LogP contribution >= 0.6 is 0 Å². The molecule has 1 aliphatic heterocycles. The summed E-state index contributed by atoms with van der Waals surface area (Å²) < 4.78 is 16.5. The van der Waals surface area contributed by atoms with E-state index in [9.17, 15) is 9.18 Å². The van der Waals surface area contributed by atoms with Gasteiger partial charge in [-0.2, -0.15) is 0 Å². The molecule has 8 nitrogen and oxygen atoms in total. The molecule has 9 heteroatoms. The number of anilines is 1. The lowest BCUT2D eigenvalue weighted by Crippen LogP contribution is -2.39. The highest BCUT2D eigenvalue weighted by atomic mass is 19.1. The summed E-state index contributed by atoms with van der Waals surface area (Å²) in [5, 5.41) is 7.68. The van der Waals surface area contributed by atoms with Gasteiger partial charge in [0.05, 0.1) is 5.69 Å². The number of benzene rings is 2. The average molecular weight is 472 g/mol. The van der Waals surface area contributed by atoms with Crippen LogP contribution in [0.15, 0.2) is 67.4 Å². The third-order valence-electron chi connectivity index (χ3n) is 6.27. The molecule has 1 fully saturated rings. The molecule has 0 radical (unpaired) electrons. The fourth-order valence-electron chi connectivity index (χ4n) is 4.50. The molecule has 1 saturated heterocycles. The van der Waals surface area contributed by atoms with Gasteiger partial charge in [-0.15, -0.1) is 10.2 Å². The molecule has 2 aromatic carbocycles. The number of nitrogens with zero attached hydrogens (tertiary/aromatic N) is 7. The first-order valence-corrected chi connectivity index (χ1v) is 11.5. The second kappa shape index (κ2) is 9.61. The van der Waals surface area contributed by atoms with E-state index in [1.54, 1.807) is 35.6 Å². The lowest BCUT2D eigenvalue weighted by molar-refractivity contribution is 0.0706. The first-order valence-electron chi connectivity index (χ1n) is 11.5. The molecule has 1 aliphatic rings. The number of aromatic nitrogens is 5. The van der Waals surface area contributed by atoms with E-state index in [1.807, 2.05) is 54.2 Å². The maximum absolute atomic E-state index is 14.7. The highest BCUT2D eigenvalue weighted by molar-refractivity contribution is 5.95. The molecule has 3 heterocycles. The topological polar surface area (TPSA) is 80.0 Å². The molecule has 0 aliphatic carbocycles. The number of carbonyl (C=O) groups is 1. The number of hydrogen-bond donors (Lipinski definition) is 0. The Bertz CT molecular complexity index is 1340. The molecule has 0 bridgehead atoms. The van der Waals surface area contributed by atoms with Crippen LogP contribution in [0.5, 0.6) is 0 Å². The number of piperidine rings is 1. The van der Waals surface area contributed by atoms with Crippen LogP contribution in [0.1, 0.15) is 34.8 Å². The van der Waals surface area contributed by atoms with Gasteiger partial charge in [-0.25, -0.2) is 14.4 Å². The van der Waals surface area contributed by atoms with Gasteiger partial charge >= 0.3 is 0 Å². The van der Waals surface area contributed by atoms with E-state index in [4.69, 9.17) is 4.98 Å². The van der Waals surface area contributed by atoms with Crippen LogP contribution in [0.3, 0.4) is 0 Å². The van der Waals surface area contributed by atoms with Crippen molar-refractivity contribution in [3.8, 4) is 16.8 Å². The molecule has 0 unspecified atom stereocenters. The molecule has 2 aromatic heterocycles. The summed E-state index contributed by atoms with van der Waals surface area (Å²) in [4.78, 5) is 26.4. The van der Waals surface area contributed by atoms with E-state index in [1.165, 1.54) is 6.07 Å². The van der Waals surface area contributed by atoms with Gasteiger partial charge < -0.3 is 9.80 Å². The smallest absolute Gasteiger partial charge is 0.253 e. The molecule has 1 atom stereocenters. The Morgan fingerprint density at radius 3 is 2.63 bits per heavy atom. The van der Waals surface area contributed by atoms with Crippen molar-refractivity contribution in [1.29, 1.82) is 0 Å². The van der Waals surface area contributed by atoms with Crippen LogP contribution < -0.4 is 4.90 Å². The van der Waals surface area contributed by atoms with Crippen molar-refractivity contribution in [1.82, 2.24) is 29.6 Å². The minimum Gasteiger partial charge on any atom is -0.347 e. The van der Waals surface area contributed by atoms with Crippen LogP contribution in [0.4, 0.5) is 10.3 Å². The lowest BCUT2D eigenvalue weighted by Gasteiger charge is -2.33. The van der Waals surface area contributed by atoms with Gasteiger partial charge in [0.25, 0.3) is 5.91 Å². The molecule has 4 aromatic rings. The molecule has 1 amide bonds. The predicted octanol–water partition coefficient (Wildman–Crippen LogP) is 3.95. The predicted molar refractivity (Wildman–Crippen MR) is 131 cm³/mol. The normalized spacial score (nSPS) is 15.7. The summed E-state index contributed by atoms with van der Waals surface area (Å²) in [6.07, 6.45) is 6.58. The number of likely N-dealkylation sites (tertiary alicyclic amines) is 1. The second-order valence-electron chi connectivity index (χ2n) is 8.85. The van der Waals surface area contributed by atoms with Crippen LogP contribution in [-0.4, -0.2) is 62.7 Å². The van der Waals surface area contributed by atoms with Gasteiger partial charge in [0.15, 0.2) is 0 Å². The third kappa shape index (κ3) is 4.62. The van der Waals surface area contributed by atoms with E-state index in [-0.39, 0.29) is 17.6 Å². The van der Waals surface area contributed by atoms with Crippen molar-refractivity contribution in [3.63, 3.8) is 0 Å². The van der Waals surface area contributed by atoms with Crippen molar-refractivity contribution in [2.75, 3.05) is 32.1 Å². The number of carbonyl (C=O) groups excluding carboxylic acids is 1. The van der Waals surface area contributed by atoms with Crippen molar-refractivity contribution in [3.05, 3.63) is 84.5 Å². The van der Waals surface area contributed by atoms with Gasteiger partial charge in [-0.3, -0.25) is 9.36 Å². The summed E-state index contributed by atoms with van der Waals surface area (Å²) in [5.74, 6) is 0.165. The third-order valence-corrected chi connectivity index (χ3v) is 6.27. The van der Waals surface area contributed by atoms with Crippen molar-refractivity contribution < 1.29 is 9.18 Å². The number of halogens is 1. The zero-order valence-electron chi connectivity index (χ0n) is 19.7. The molecule has 35 heavy (non-hydrogen) atoms. The highest BCUT2D eigenvalue weighted by Gasteiger charge is 2.29. The molecule has 0 saturated carbocycles. The minimum atomic E-state index is -0.315. The van der Waals surface area contributed by atoms with Crippen molar-refractivity contribution in [2.45, 2.75) is 18.8 Å². The standard InChI is InChI=1S/C26H26FN7O/c1-32(2)26-28-14-22(21-10-3-4-11-23(21)27)24(31-26)19-8-6-12-33(15-19)25(35)18-7-5-9-20(13-18)34-16-29-30-17-34/h3-5,7,9-11,13-14,16-17,19H,6,8,12,15H2,1-2H3/t19-/m0/s1. The summed E-state index contributed by atoms with van der Waals surface area (Å²) in [7, 11) is 3.75. The van der Waals surface area contributed by atoms with Crippen LogP contribution in [0, 0.1) is 5.82 Å². The fourth-order valence-corrected chi connectivity index (χ4v) is 4.50. The SMILES string of the molecule is CN(C)c1ncc(-c2ccccc2F)c([C@H]2CCCN(C(=O)c3cccc(-n4cnnc4)c3)C2)n1. The highest BCUT2D eigenvalue weighted by Crippen LogP contribution is 2.35. The Balaban J connectivity index is 1.46. The summed E-state index contributed by atoms with van der Waals surface area (Å²) in [6.45, 7) is 1.16. The van der Waals surface area contributed by atoms with Crippen LogP contribution in [0.25, 0.3) is 16.8 Å². The first kappa shape index (κ1) is 22.6. The number of rotatable bonds is 5. The molecule has 5 rings (SSSR count). The quantitative estimate of drug-likeness (QED) is 0.439. The van der Waals surface area contributed by atoms with E-state index in [2.05, 4.69) is 15.2 Å². The van der Waals surface area contributed by atoms with E-state index in [0.717, 1.165) is 24.2 Å². The summed E-state index contributed by atoms with van der Waals surface area (Å²) in [6, 6.07) is 14.1. The Morgan fingerprint density at radius 2 is 1.86 bits per heavy atom. The Morgan fingerprint density at radius 1 is 1.06 bits per heavy atom. The molecule has 0 spiro atoms. The summed E-state index contributed by atoms with van der Waals surface area (Å²) in [5.41, 5.74) is 3.33. The largest absolute Gasteiger partial charge is 0.347 e. The van der Waals surface area contributed by atoms with Gasteiger partial charge in [0, 0.05) is 61.7 Å². The molecular formula is C26H26FN7O. The van der Waals surface area contributed by atoms with E-state index < -0.39 is 0 Å². The first-order chi connectivity index (χ1) is 17.0. The maximum atomic E-state index is 14.7. The van der Waals surface area contributed by atoms with Gasteiger partial charge in [-0.05, 0) is 37.1 Å². The van der Waals surface area contributed by atoms with Crippen molar-refractivity contribution in [2.24, 2.45) is 0 Å². The fraction of sp³-hybridized carbons (Fsp3) is 0.269. The summed E-state index contributed by atoms with van der Waals surface area (Å²) >= 11 is 0. The number of hydrogen-bond acceptors (Lipinski definition) is 6. The minimum absolute atomic E-state index is 0.0370. The van der Waals surface area contributed by atoms with E-state index >= 15 is 0 Å². The zero-order valence-corrected chi connectivity index (χ0v) is 19.7. The van der Waals surface area contributed by atoms with E-state index in [0.29, 0.717) is 35.7 Å². The van der Waals surface area contributed by atoms with Crippen LogP contribution in [0.2, 0.25) is 0 Å². The zero-order chi connectivity index (χ0) is 24.4. The molecule has 0 N–H and O–H groups in total. The molecule has 178 valence electrons. The van der Waals surface area contributed by atoms with Gasteiger partial charge in [0.1, 0.15) is 18.5 Å². The lowest BCUT2D eigenvalue weighted by atomic mass is 9.89. The maximum Gasteiger partial charge on any atom is 0.253 e. The second-order valence-corrected chi connectivity index (χ2v) is 8.85. The van der Waals surface area contributed by atoms with Crippen LogP contribution in [-0.2, 0) is 0 Å². The Kier molecular flexibility index (Phi) is 6.22. The number of amides is 1.